The first-order valence-corrected chi connectivity index (χ1v) is 8.52. The Morgan fingerprint density at radius 3 is 2.63 bits per heavy atom. The number of alkyl halides is 3. The maximum atomic E-state index is 13.8. The van der Waals surface area contributed by atoms with E-state index in [2.05, 4.69) is 20.7 Å². The fourth-order valence-electron chi connectivity index (χ4n) is 2.54. The number of aliphatic imine (C=N–C) groups is 1. The fraction of sp³-hybridized carbons (Fsp3) is 0.444. The smallest absolute Gasteiger partial charge is 0.357 e. The van der Waals surface area contributed by atoms with Crippen molar-refractivity contribution < 1.29 is 17.6 Å². The predicted octanol–water partition coefficient (Wildman–Crippen LogP) is 3.70. The van der Waals surface area contributed by atoms with Crippen LogP contribution in [0.15, 0.2) is 29.4 Å². The molecule has 2 N–H and O–H groups in total. The van der Waals surface area contributed by atoms with Crippen molar-refractivity contribution in [3.63, 3.8) is 0 Å². The number of hydrogen-bond acceptors (Lipinski definition) is 2. The molecule has 0 bridgehead atoms. The Bertz CT molecular complexity index is 811. The van der Waals surface area contributed by atoms with Gasteiger partial charge in [-0.3, -0.25) is 4.68 Å². The first-order chi connectivity index (χ1) is 12.6. The predicted molar refractivity (Wildman–Crippen MR) is 95.7 cm³/mol. The van der Waals surface area contributed by atoms with Gasteiger partial charge in [0.05, 0.1) is 12.6 Å². The summed E-state index contributed by atoms with van der Waals surface area (Å²) in [5, 5.41) is 9.53. The van der Waals surface area contributed by atoms with Gasteiger partial charge >= 0.3 is 6.18 Å². The second-order valence-corrected chi connectivity index (χ2v) is 6.24. The normalized spacial score (nSPS) is 13.6. The van der Waals surface area contributed by atoms with Crippen LogP contribution in [0, 0.1) is 12.7 Å². The summed E-state index contributed by atoms with van der Waals surface area (Å²) in [5.74, 6) is 0.0243. The van der Waals surface area contributed by atoms with Crippen LogP contribution in [-0.4, -0.2) is 22.3 Å². The van der Waals surface area contributed by atoms with Gasteiger partial charge in [-0.2, -0.15) is 18.3 Å². The number of aromatic nitrogens is 2. The lowest BCUT2D eigenvalue weighted by atomic mass is 10.1. The van der Waals surface area contributed by atoms with Crippen LogP contribution >= 0.6 is 0 Å². The second kappa shape index (κ2) is 8.41. The molecule has 1 aromatic heterocycles. The molecular weight excluding hydrogens is 362 g/mol. The van der Waals surface area contributed by atoms with Crippen molar-refractivity contribution >= 4 is 5.96 Å². The molecule has 0 saturated carbocycles. The molecule has 27 heavy (non-hydrogen) atoms. The summed E-state index contributed by atoms with van der Waals surface area (Å²) in [6, 6.07) is 4.62. The zero-order valence-corrected chi connectivity index (χ0v) is 15.7. The first-order valence-electron chi connectivity index (χ1n) is 8.52. The Hall–Kier alpha value is -2.58. The van der Waals surface area contributed by atoms with Gasteiger partial charge in [0.2, 0.25) is 0 Å². The fourth-order valence-corrected chi connectivity index (χ4v) is 2.54. The second-order valence-electron chi connectivity index (χ2n) is 6.24. The third-order valence-electron chi connectivity index (χ3n) is 3.97. The topological polar surface area (TPSA) is 54.2 Å². The van der Waals surface area contributed by atoms with Gasteiger partial charge < -0.3 is 10.6 Å². The lowest BCUT2D eigenvalue weighted by Crippen LogP contribution is -2.38. The molecule has 148 valence electrons. The van der Waals surface area contributed by atoms with Gasteiger partial charge in [0.1, 0.15) is 5.82 Å². The summed E-state index contributed by atoms with van der Waals surface area (Å²) in [4.78, 5) is 4.22. The Labute approximate surface area is 155 Å². The molecule has 1 aromatic carbocycles. The SMILES string of the molecule is CCNC(=NCc1cn(C)nc1C(F)(F)F)NC(C)c1ccc(C)c(F)c1. The van der Waals surface area contributed by atoms with E-state index in [4.69, 9.17) is 0 Å². The molecule has 0 fully saturated rings. The summed E-state index contributed by atoms with van der Waals surface area (Å²) < 4.78 is 54.0. The zero-order chi connectivity index (χ0) is 20.2. The van der Waals surface area contributed by atoms with E-state index in [1.807, 2.05) is 13.8 Å². The highest BCUT2D eigenvalue weighted by Gasteiger charge is 2.36. The molecule has 0 aliphatic rings. The monoisotopic (exact) mass is 385 g/mol. The Morgan fingerprint density at radius 2 is 2.04 bits per heavy atom. The van der Waals surface area contributed by atoms with Crippen LogP contribution in [0.4, 0.5) is 17.6 Å². The van der Waals surface area contributed by atoms with Crippen LogP contribution in [0.5, 0.6) is 0 Å². The van der Waals surface area contributed by atoms with Gasteiger partial charge in [0.15, 0.2) is 11.7 Å². The van der Waals surface area contributed by atoms with Crippen LogP contribution in [0.2, 0.25) is 0 Å². The average Bonchev–Trinajstić information content (AvgIpc) is 2.96. The molecule has 2 rings (SSSR count). The van der Waals surface area contributed by atoms with Gasteiger partial charge in [0, 0.05) is 25.4 Å². The average molecular weight is 385 g/mol. The standard InChI is InChI=1S/C18H23F4N5/c1-5-23-17(25-12(3)13-7-6-11(2)15(19)8-13)24-9-14-10-27(4)26-16(14)18(20,21)22/h6-8,10,12H,5,9H2,1-4H3,(H2,23,24,25). The van der Waals surface area contributed by atoms with Crippen LogP contribution in [0.25, 0.3) is 0 Å². The van der Waals surface area contributed by atoms with Crippen molar-refractivity contribution in [3.8, 4) is 0 Å². The number of aryl methyl sites for hydroxylation is 2. The minimum Gasteiger partial charge on any atom is -0.357 e. The van der Waals surface area contributed by atoms with Gasteiger partial charge in [-0.1, -0.05) is 12.1 Å². The molecule has 1 unspecified atom stereocenters. The summed E-state index contributed by atoms with van der Waals surface area (Å²) >= 11 is 0. The Morgan fingerprint density at radius 1 is 1.33 bits per heavy atom. The molecule has 5 nitrogen and oxygen atoms in total. The zero-order valence-electron chi connectivity index (χ0n) is 15.7. The minimum atomic E-state index is -4.54. The van der Waals surface area contributed by atoms with E-state index >= 15 is 0 Å². The molecule has 0 radical (unpaired) electrons. The molecule has 9 heteroatoms. The molecule has 1 heterocycles. The number of rotatable bonds is 5. The van der Waals surface area contributed by atoms with Gasteiger partial charge in [-0.25, -0.2) is 9.38 Å². The number of nitrogens with one attached hydrogen (secondary N) is 2. The molecule has 2 aromatic rings. The Kier molecular flexibility index (Phi) is 6.45. The largest absolute Gasteiger partial charge is 0.435 e. The third-order valence-corrected chi connectivity index (χ3v) is 3.97. The van der Waals surface area contributed by atoms with E-state index < -0.39 is 11.9 Å². The number of nitrogens with zero attached hydrogens (tertiary/aromatic N) is 3. The summed E-state index contributed by atoms with van der Waals surface area (Å²) in [6.07, 6.45) is -3.24. The van der Waals surface area contributed by atoms with Crippen LogP contribution in [0.3, 0.4) is 0 Å². The van der Waals surface area contributed by atoms with E-state index in [9.17, 15) is 17.6 Å². The number of benzene rings is 1. The quantitative estimate of drug-likeness (QED) is 0.469. The number of guanidine groups is 1. The van der Waals surface area contributed by atoms with E-state index in [-0.39, 0.29) is 24.0 Å². The lowest BCUT2D eigenvalue weighted by molar-refractivity contribution is -0.142. The van der Waals surface area contributed by atoms with Crippen molar-refractivity contribution in [2.75, 3.05) is 6.54 Å². The van der Waals surface area contributed by atoms with Crippen LogP contribution in [0.1, 0.15) is 42.3 Å². The van der Waals surface area contributed by atoms with Crippen molar-refractivity contribution in [3.05, 3.63) is 52.6 Å². The highest BCUT2D eigenvalue weighted by atomic mass is 19.4. The van der Waals surface area contributed by atoms with Gasteiger partial charge in [-0.05, 0) is 38.0 Å². The summed E-state index contributed by atoms with van der Waals surface area (Å²) in [5.41, 5.74) is 0.290. The van der Waals surface area contributed by atoms with Crippen molar-refractivity contribution in [1.29, 1.82) is 0 Å². The summed E-state index contributed by atoms with van der Waals surface area (Å²) in [7, 11) is 1.43. The first kappa shape index (κ1) is 20.7. The van der Waals surface area contributed by atoms with Crippen molar-refractivity contribution in [1.82, 2.24) is 20.4 Å². The maximum Gasteiger partial charge on any atom is 0.435 e. The van der Waals surface area contributed by atoms with E-state index in [0.29, 0.717) is 23.6 Å². The maximum absolute atomic E-state index is 13.8. The van der Waals surface area contributed by atoms with Crippen LogP contribution < -0.4 is 10.6 Å². The highest BCUT2D eigenvalue weighted by Crippen LogP contribution is 2.30. The van der Waals surface area contributed by atoms with E-state index in [1.54, 1.807) is 19.1 Å². The highest BCUT2D eigenvalue weighted by molar-refractivity contribution is 5.80. The lowest BCUT2D eigenvalue weighted by Gasteiger charge is -2.18. The minimum absolute atomic E-state index is 0.0174. The van der Waals surface area contributed by atoms with Crippen molar-refractivity contribution in [2.24, 2.45) is 12.0 Å². The van der Waals surface area contributed by atoms with E-state index in [0.717, 1.165) is 4.68 Å². The molecule has 0 aliphatic carbocycles. The molecule has 0 amide bonds. The summed E-state index contributed by atoms with van der Waals surface area (Å²) in [6.45, 7) is 5.68. The molecular formula is C18H23F4N5. The molecule has 1 atom stereocenters. The number of hydrogen-bond donors (Lipinski definition) is 2. The van der Waals surface area contributed by atoms with Gasteiger partial charge in [0.25, 0.3) is 0 Å². The van der Waals surface area contributed by atoms with E-state index in [1.165, 1.54) is 19.3 Å². The molecule has 0 aliphatic heterocycles. The van der Waals surface area contributed by atoms with Crippen LogP contribution in [-0.2, 0) is 19.8 Å². The third kappa shape index (κ3) is 5.45. The number of halogens is 4. The molecule has 0 saturated heterocycles. The van der Waals surface area contributed by atoms with Gasteiger partial charge in [-0.15, -0.1) is 0 Å². The van der Waals surface area contributed by atoms with Crippen molar-refractivity contribution in [2.45, 2.75) is 39.5 Å². The Balaban J connectivity index is 2.18. The molecule has 0 spiro atoms.